The number of amides is 1. The van der Waals surface area contributed by atoms with Gasteiger partial charge in [0.2, 0.25) is 5.91 Å². The number of carbonyl (C=O) groups excluding carboxylic acids is 1. The Kier molecular flexibility index (Phi) is 8.76. The topological polar surface area (TPSA) is 85.6 Å². The van der Waals surface area contributed by atoms with Gasteiger partial charge in [-0.3, -0.25) is 19.4 Å². The minimum absolute atomic E-state index is 0.000612. The van der Waals surface area contributed by atoms with Crippen molar-refractivity contribution in [3.63, 3.8) is 0 Å². The van der Waals surface area contributed by atoms with Crippen LogP contribution in [-0.2, 0) is 22.5 Å². The third-order valence-corrected chi connectivity index (χ3v) is 10.5. The number of ether oxygens (including phenoxy) is 2. The fourth-order valence-electron chi connectivity index (χ4n) is 6.81. The molecule has 5 aromatic rings. The number of carbonyl (C=O) groups is 1. The summed E-state index contributed by atoms with van der Waals surface area (Å²) in [7, 11) is 3.55. The second-order valence-corrected chi connectivity index (χ2v) is 13.2. The molecule has 0 N–H and O–H groups in total. The molecular weight excluding hydrogens is 653 g/mol. The summed E-state index contributed by atoms with van der Waals surface area (Å²) in [6.07, 6.45) is 3.82. The van der Waals surface area contributed by atoms with Crippen LogP contribution in [0, 0.1) is 17.5 Å². The molecule has 2 aliphatic rings. The van der Waals surface area contributed by atoms with Crippen LogP contribution in [-0.4, -0.2) is 75.9 Å². The van der Waals surface area contributed by atoms with E-state index in [-0.39, 0.29) is 59.2 Å². The Morgan fingerprint density at radius 1 is 1.04 bits per heavy atom. The van der Waals surface area contributed by atoms with Crippen LogP contribution in [0.25, 0.3) is 43.9 Å². The van der Waals surface area contributed by atoms with Crippen LogP contribution in [0.2, 0.25) is 0 Å². The molecule has 49 heavy (non-hydrogen) atoms. The van der Waals surface area contributed by atoms with Crippen LogP contribution >= 0.6 is 11.3 Å². The molecule has 1 aromatic carbocycles. The van der Waals surface area contributed by atoms with E-state index in [0.717, 1.165) is 53.4 Å². The summed E-state index contributed by atoms with van der Waals surface area (Å²) in [4.78, 5) is 26.5. The molecule has 0 radical (unpaired) electrons. The summed E-state index contributed by atoms with van der Waals surface area (Å²) in [6.45, 7) is 9.48. The number of hydrogen-bond donors (Lipinski definition) is 0. The molecule has 0 aliphatic carbocycles. The van der Waals surface area contributed by atoms with Gasteiger partial charge >= 0.3 is 0 Å². The fraction of sp³-hybridized carbons (Fsp3) is 0.333. The zero-order chi connectivity index (χ0) is 34.6. The Morgan fingerprint density at radius 2 is 1.86 bits per heavy atom. The summed E-state index contributed by atoms with van der Waals surface area (Å²) in [5.41, 5.74) is 4.38. The molecule has 4 aromatic heterocycles. The van der Waals surface area contributed by atoms with Crippen molar-refractivity contribution in [2.45, 2.75) is 38.9 Å². The molecule has 9 nitrogen and oxygen atoms in total. The van der Waals surface area contributed by atoms with Gasteiger partial charge in [-0.15, -0.1) is 11.3 Å². The van der Waals surface area contributed by atoms with Crippen molar-refractivity contribution < 1.29 is 27.4 Å². The van der Waals surface area contributed by atoms with E-state index < -0.39 is 17.5 Å². The van der Waals surface area contributed by atoms with E-state index in [1.54, 1.807) is 21.8 Å². The summed E-state index contributed by atoms with van der Waals surface area (Å²) < 4.78 is 60.3. The minimum Gasteiger partial charge on any atom is -0.490 e. The van der Waals surface area contributed by atoms with Gasteiger partial charge < -0.3 is 14.4 Å². The van der Waals surface area contributed by atoms with Gasteiger partial charge in [0.05, 0.1) is 40.8 Å². The maximum absolute atomic E-state index is 16.2. The number of likely N-dealkylation sites (N-methyl/N-ethyl adjacent to an activating group) is 1. The molecule has 2 aliphatic heterocycles. The zero-order valence-electron chi connectivity index (χ0n) is 27.6. The highest BCUT2D eigenvalue weighted by Gasteiger charge is 2.33. The SMILES string of the molecule is C=CC(=O)N1CCn2nc(-c3nc(-c4cnc5c(c4)[C@@H](C)N(C)CC5)c4scc(F)c4c3-c3c(F)cc(F)cc3OCCOC)cc2[C@H]1C. The lowest BCUT2D eigenvalue weighted by atomic mass is 9.93. The zero-order valence-corrected chi connectivity index (χ0v) is 28.4. The Hall–Kier alpha value is -4.59. The number of fused-ring (bicyclic) bond motifs is 3. The first kappa shape index (κ1) is 32.9. The van der Waals surface area contributed by atoms with Crippen LogP contribution in [0.5, 0.6) is 5.75 Å². The minimum atomic E-state index is -0.942. The van der Waals surface area contributed by atoms with E-state index in [9.17, 15) is 9.18 Å². The lowest BCUT2D eigenvalue weighted by Crippen LogP contribution is -2.40. The Bertz CT molecular complexity index is 2110. The first-order valence-corrected chi connectivity index (χ1v) is 16.9. The summed E-state index contributed by atoms with van der Waals surface area (Å²) in [6, 6.07) is 5.40. The van der Waals surface area contributed by atoms with Crippen molar-refractivity contribution in [3.8, 4) is 39.5 Å². The van der Waals surface area contributed by atoms with Crippen LogP contribution in [0.4, 0.5) is 13.2 Å². The van der Waals surface area contributed by atoms with Gasteiger partial charge in [0.1, 0.15) is 41.2 Å². The summed E-state index contributed by atoms with van der Waals surface area (Å²) >= 11 is 1.14. The van der Waals surface area contributed by atoms with Gasteiger partial charge in [0, 0.05) is 78.6 Å². The molecule has 0 spiro atoms. The molecule has 7 rings (SSSR count). The largest absolute Gasteiger partial charge is 0.490 e. The standard InChI is InChI=1S/C36H35F3N6O3S/c1-6-30(46)44-9-10-45-28(20(44)3)16-27(42-45)35-33(31-24(38)14-22(37)15-29(31)48-12-11-47-5)32-25(39)18-49-36(32)34(41-35)21-13-23-19(2)43(4)8-7-26(23)40-17-21/h6,13-20H,1,7-12H2,2-5H3/t19-,20-/m1/s1. The number of nitrogens with zero attached hydrogens (tertiary/aromatic N) is 6. The normalized spacial score (nSPS) is 17.7. The Labute approximate surface area is 285 Å². The lowest BCUT2D eigenvalue weighted by Gasteiger charge is -2.33. The molecule has 2 atom stereocenters. The number of methoxy groups -OCH3 is 1. The van der Waals surface area contributed by atoms with Crippen LogP contribution in [0.3, 0.4) is 0 Å². The average Bonchev–Trinajstić information content (AvgIpc) is 3.70. The van der Waals surface area contributed by atoms with Crippen molar-refractivity contribution in [2.24, 2.45) is 0 Å². The van der Waals surface area contributed by atoms with Gasteiger partial charge in [-0.05, 0) is 44.7 Å². The Morgan fingerprint density at radius 3 is 2.63 bits per heavy atom. The quantitative estimate of drug-likeness (QED) is 0.129. The van der Waals surface area contributed by atoms with E-state index >= 15 is 8.78 Å². The smallest absolute Gasteiger partial charge is 0.246 e. The maximum atomic E-state index is 16.2. The molecular formula is C36H35F3N6O3S. The van der Waals surface area contributed by atoms with Crippen molar-refractivity contribution in [1.82, 2.24) is 29.5 Å². The lowest BCUT2D eigenvalue weighted by molar-refractivity contribution is -0.129. The molecule has 0 saturated heterocycles. The van der Waals surface area contributed by atoms with Crippen LogP contribution in [0.15, 0.2) is 48.5 Å². The van der Waals surface area contributed by atoms with Crippen LogP contribution in [0.1, 0.15) is 42.9 Å². The second-order valence-electron chi connectivity index (χ2n) is 12.3. The first-order chi connectivity index (χ1) is 23.6. The van der Waals surface area contributed by atoms with E-state index in [1.807, 2.05) is 13.0 Å². The summed E-state index contributed by atoms with van der Waals surface area (Å²) in [5, 5.41) is 6.34. The van der Waals surface area contributed by atoms with E-state index in [1.165, 1.54) is 18.6 Å². The molecule has 6 heterocycles. The highest BCUT2D eigenvalue weighted by molar-refractivity contribution is 7.17. The predicted molar refractivity (Wildman–Crippen MR) is 182 cm³/mol. The van der Waals surface area contributed by atoms with Crippen LogP contribution < -0.4 is 4.74 Å². The van der Waals surface area contributed by atoms with Crippen molar-refractivity contribution >= 4 is 27.3 Å². The maximum Gasteiger partial charge on any atom is 0.246 e. The first-order valence-electron chi connectivity index (χ1n) is 16.0. The molecule has 0 fully saturated rings. The molecule has 1 amide bonds. The monoisotopic (exact) mass is 688 g/mol. The van der Waals surface area contributed by atoms with Gasteiger partial charge in [-0.2, -0.15) is 5.10 Å². The molecule has 0 bridgehead atoms. The van der Waals surface area contributed by atoms with Gasteiger partial charge in [-0.25, -0.2) is 18.2 Å². The molecule has 13 heteroatoms. The van der Waals surface area contributed by atoms with Crippen molar-refractivity contribution in [2.75, 3.05) is 40.5 Å². The van der Waals surface area contributed by atoms with Crippen molar-refractivity contribution in [1.29, 1.82) is 0 Å². The third-order valence-electron chi connectivity index (χ3n) is 9.53. The number of benzene rings is 1. The summed E-state index contributed by atoms with van der Waals surface area (Å²) in [5.74, 6) is -2.72. The van der Waals surface area contributed by atoms with Gasteiger partial charge in [-0.1, -0.05) is 6.58 Å². The number of pyridine rings is 2. The van der Waals surface area contributed by atoms with E-state index in [0.29, 0.717) is 34.7 Å². The fourth-order valence-corrected chi connectivity index (χ4v) is 7.74. The Balaban J connectivity index is 1.52. The highest BCUT2D eigenvalue weighted by Crippen LogP contribution is 2.48. The number of thiophene rings is 1. The number of rotatable bonds is 8. The molecule has 0 unspecified atom stereocenters. The molecule has 0 saturated carbocycles. The number of aromatic nitrogens is 4. The van der Waals surface area contributed by atoms with E-state index in [2.05, 4.69) is 25.5 Å². The average molecular weight is 689 g/mol. The number of hydrogen-bond acceptors (Lipinski definition) is 8. The number of halogens is 3. The highest BCUT2D eigenvalue weighted by atomic mass is 32.1. The van der Waals surface area contributed by atoms with E-state index in [4.69, 9.17) is 24.5 Å². The molecule has 254 valence electrons. The van der Waals surface area contributed by atoms with Gasteiger partial charge in [0.15, 0.2) is 0 Å². The second kappa shape index (κ2) is 13.0. The predicted octanol–water partition coefficient (Wildman–Crippen LogP) is 6.97. The van der Waals surface area contributed by atoms with Gasteiger partial charge in [0.25, 0.3) is 0 Å². The van der Waals surface area contributed by atoms with Crippen molar-refractivity contribution in [3.05, 3.63) is 82.9 Å². The third kappa shape index (κ3) is 5.69.